The lowest BCUT2D eigenvalue weighted by molar-refractivity contribution is 0.794. The van der Waals surface area contributed by atoms with Gasteiger partial charge in [0.15, 0.2) is 11.6 Å². The SMILES string of the molecule is c1ccc(-c2cc(-c3ccccc3)cc(-c3ccc4c(c3)c3cc5c(cc3n4-c3nc(-c4cccc(-c6ccccc6)c4)nc(-c4cccc(-c6ccccc6)c4)n3)C3(c4ccccc4-c4ccccc43)c3ccccc3-5)c2)cc1. The third-order valence-electron chi connectivity index (χ3n) is 16.6. The monoisotopic (exact) mass is 1020 g/mol. The summed E-state index contributed by atoms with van der Waals surface area (Å²) >= 11 is 0. The van der Waals surface area contributed by atoms with Gasteiger partial charge in [-0.3, -0.25) is 4.57 Å². The van der Waals surface area contributed by atoms with Crippen molar-refractivity contribution in [3.8, 4) is 107 Å². The Bertz CT molecular complexity index is 4550. The molecule has 0 bridgehead atoms. The van der Waals surface area contributed by atoms with Crippen LogP contribution in [0.3, 0.4) is 0 Å². The Hall–Kier alpha value is -10.6. The third kappa shape index (κ3) is 7.20. The molecule has 4 heteroatoms. The summed E-state index contributed by atoms with van der Waals surface area (Å²) in [5.74, 6) is 1.73. The molecular weight excluding hydrogens is 969 g/mol. The largest absolute Gasteiger partial charge is 0.278 e. The van der Waals surface area contributed by atoms with Crippen LogP contribution < -0.4 is 0 Å². The normalized spacial score (nSPS) is 12.6. The number of fused-ring (bicyclic) bond motifs is 13. The fourth-order valence-electron chi connectivity index (χ4n) is 13.0. The average molecular weight is 1020 g/mol. The molecule has 0 fully saturated rings. The van der Waals surface area contributed by atoms with E-state index in [0.29, 0.717) is 17.6 Å². The highest BCUT2D eigenvalue weighted by molar-refractivity contribution is 6.13. The van der Waals surface area contributed by atoms with Crippen LogP contribution >= 0.6 is 0 Å². The van der Waals surface area contributed by atoms with E-state index in [1.807, 2.05) is 0 Å². The first-order valence-corrected chi connectivity index (χ1v) is 27.4. The van der Waals surface area contributed by atoms with Gasteiger partial charge < -0.3 is 0 Å². The molecule has 16 rings (SSSR count). The van der Waals surface area contributed by atoms with Crippen LogP contribution in [0.2, 0.25) is 0 Å². The number of benzene rings is 12. The van der Waals surface area contributed by atoms with Gasteiger partial charge in [-0.2, -0.15) is 9.97 Å². The van der Waals surface area contributed by atoms with Crippen molar-refractivity contribution in [2.24, 2.45) is 0 Å². The summed E-state index contributed by atoms with van der Waals surface area (Å²) in [6, 6.07) is 106. The predicted molar refractivity (Wildman–Crippen MR) is 329 cm³/mol. The van der Waals surface area contributed by atoms with E-state index in [9.17, 15) is 0 Å². The minimum Gasteiger partial charge on any atom is -0.278 e. The highest BCUT2D eigenvalue weighted by Crippen LogP contribution is 2.63. The molecule has 1 spiro atoms. The van der Waals surface area contributed by atoms with Crippen molar-refractivity contribution >= 4 is 21.8 Å². The van der Waals surface area contributed by atoms with Crippen LogP contribution in [0.4, 0.5) is 0 Å². The molecule has 0 aliphatic heterocycles. The second kappa shape index (κ2) is 18.3. The zero-order valence-electron chi connectivity index (χ0n) is 43.5. The standard InChI is InChI=1S/C76H48N4/c1-5-21-49(22-6-1)53-29-19-31-56(41-53)73-77-74(57-32-20-30-54(42-57)50-23-7-2-8-24-50)79-75(78-73)80-71-40-39-55(60-44-58(51-25-9-3-10-26-51)43-59(45-60)52-27-11-4-12-28-52)46-65(71)66-47-64-63-35-15-18-38-69(63)76(70(64)48-72(66)80)67-36-16-13-33-61(67)62-34-14-17-37-68(62)76/h1-48H. The van der Waals surface area contributed by atoms with Crippen molar-refractivity contribution in [3.63, 3.8) is 0 Å². The Kier molecular flexibility index (Phi) is 10.4. The van der Waals surface area contributed by atoms with E-state index >= 15 is 0 Å². The van der Waals surface area contributed by atoms with Gasteiger partial charge in [-0.1, -0.05) is 237 Å². The summed E-state index contributed by atoms with van der Waals surface area (Å²) in [6.45, 7) is 0. The van der Waals surface area contributed by atoms with Crippen LogP contribution in [0.5, 0.6) is 0 Å². The quantitative estimate of drug-likeness (QED) is 0.152. The van der Waals surface area contributed by atoms with Gasteiger partial charge in [0.2, 0.25) is 5.95 Å². The topological polar surface area (TPSA) is 43.6 Å². The molecule has 14 aromatic rings. The fraction of sp³-hybridized carbons (Fsp3) is 0.0132. The van der Waals surface area contributed by atoms with Crippen LogP contribution in [0.1, 0.15) is 22.3 Å². The van der Waals surface area contributed by atoms with E-state index < -0.39 is 5.41 Å². The van der Waals surface area contributed by atoms with Crippen molar-refractivity contribution in [2.45, 2.75) is 5.41 Å². The molecule has 0 amide bonds. The maximum absolute atomic E-state index is 5.59. The smallest absolute Gasteiger partial charge is 0.238 e. The molecule has 0 saturated carbocycles. The molecule has 2 aliphatic carbocycles. The lowest BCUT2D eigenvalue weighted by Crippen LogP contribution is -2.25. The lowest BCUT2D eigenvalue weighted by atomic mass is 9.70. The minimum absolute atomic E-state index is 0.544. The first-order chi connectivity index (χ1) is 39.6. The summed E-state index contributed by atoms with van der Waals surface area (Å²) in [6.07, 6.45) is 0. The van der Waals surface area contributed by atoms with Crippen LogP contribution in [-0.4, -0.2) is 19.5 Å². The summed E-state index contributed by atoms with van der Waals surface area (Å²) in [5, 5.41) is 2.23. The molecule has 0 atom stereocenters. The minimum atomic E-state index is -0.559. The van der Waals surface area contributed by atoms with E-state index in [1.54, 1.807) is 0 Å². The molecule has 0 radical (unpaired) electrons. The van der Waals surface area contributed by atoms with Gasteiger partial charge in [0, 0.05) is 21.9 Å². The summed E-state index contributed by atoms with van der Waals surface area (Å²) in [5.41, 5.74) is 24.8. The Labute approximate surface area is 464 Å². The number of aromatic nitrogens is 4. The van der Waals surface area contributed by atoms with E-state index in [-0.39, 0.29) is 0 Å². The molecule has 2 heterocycles. The van der Waals surface area contributed by atoms with Gasteiger partial charge in [0.1, 0.15) is 0 Å². The Morgan fingerprint density at radius 2 is 0.588 bits per heavy atom. The molecule has 0 saturated heterocycles. The molecule has 2 aromatic heterocycles. The van der Waals surface area contributed by atoms with Crippen LogP contribution in [-0.2, 0) is 5.41 Å². The molecule has 2 aliphatic rings. The van der Waals surface area contributed by atoms with Gasteiger partial charge in [0.25, 0.3) is 0 Å². The number of rotatable bonds is 8. The zero-order valence-corrected chi connectivity index (χ0v) is 43.5. The van der Waals surface area contributed by atoms with Crippen LogP contribution in [0.25, 0.3) is 128 Å². The van der Waals surface area contributed by atoms with Gasteiger partial charge in [0.05, 0.1) is 16.4 Å². The van der Waals surface area contributed by atoms with Crippen molar-refractivity contribution in [1.82, 2.24) is 19.5 Å². The van der Waals surface area contributed by atoms with Crippen LogP contribution in [0, 0.1) is 0 Å². The number of hydrogen-bond donors (Lipinski definition) is 0. The third-order valence-corrected chi connectivity index (χ3v) is 16.6. The van der Waals surface area contributed by atoms with E-state index in [2.05, 4.69) is 296 Å². The average Bonchev–Trinajstić information content (AvgIpc) is 4.33. The van der Waals surface area contributed by atoms with E-state index in [1.165, 1.54) is 66.8 Å². The fourth-order valence-corrected chi connectivity index (χ4v) is 13.0. The second-order valence-electron chi connectivity index (χ2n) is 21.1. The van der Waals surface area contributed by atoms with Crippen molar-refractivity contribution in [3.05, 3.63) is 313 Å². The maximum Gasteiger partial charge on any atom is 0.238 e. The Morgan fingerprint density at radius 3 is 1.07 bits per heavy atom. The Balaban J connectivity index is 0.994. The number of hydrogen-bond acceptors (Lipinski definition) is 3. The first kappa shape index (κ1) is 45.6. The molecule has 12 aromatic carbocycles. The molecule has 0 N–H and O–H groups in total. The van der Waals surface area contributed by atoms with Gasteiger partial charge in [-0.05, 0) is 155 Å². The molecule has 0 unspecified atom stereocenters. The maximum atomic E-state index is 5.59. The van der Waals surface area contributed by atoms with Crippen molar-refractivity contribution in [2.75, 3.05) is 0 Å². The van der Waals surface area contributed by atoms with E-state index in [4.69, 9.17) is 15.0 Å². The summed E-state index contributed by atoms with van der Waals surface area (Å²) < 4.78 is 2.31. The van der Waals surface area contributed by atoms with Gasteiger partial charge >= 0.3 is 0 Å². The Morgan fingerprint density at radius 1 is 0.225 bits per heavy atom. The molecule has 80 heavy (non-hydrogen) atoms. The van der Waals surface area contributed by atoms with Crippen LogP contribution in [0.15, 0.2) is 291 Å². The van der Waals surface area contributed by atoms with Gasteiger partial charge in [-0.25, -0.2) is 4.98 Å². The predicted octanol–water partition coefficient (Wildman–Crippen LogP) is 19.0. The molecule has 372 valence electrons. The summed E-state index contributed by atoms with van der Waals surface area (Å²) in [7, 11) is 0. The highest BCUT2D eigenvalue weighted by Gasteiger charge is 2.51. The molecule has 4 nitrogen and oxygen atoms in total. The highest BCUT2D eigenvalue weighted by atomic mass is 15.2. The second-order valence-corrected chi connectivity index (χ2v) is 21.1. The first-order valence-electron chi connectivity index (χ1n) is 27.4. The zero-order chi connectivity index (χ0) is 52.7. The molecular formula is C76H48N4. The van der Waals surface area contributed by atoms with Crippen molar-refractivity contribution < 1.29 is 0 Å². The van der Waals surface area contributed by atoms with Gasteiger partial charge in [-0.15, -0.1) is 0 Å². The lowest BCUT2D eigenvalue weighted by Gasteiger charge is -2.30. The van der Waals surface area contributed by atoms with E-state index in [0.717, 1.165) is 66.3 Å². The van der Waals surface area contributed by atoms with Crippen molar-refractivity contribution in [1.29, 1.82) is 0 Å². The summed E-state index contributed by atoms with van der Waals surface area (Å²) in [4.78, 5) is 16.6. The number of nitrogens with zero attached hydrogens (tertiary/aromatic N) is 4.